The van der Waals surface area contributed by atoms with Crippen LogP contribution in [0.1, 0.15) is 24.5 Å². The highest BCUT2D eigenvalue weighted by Gasteiger charge is 2.07. The summed E-state index contributed by atoms with van der Waals surface area (Å²) in [4.78, 5) is 11.9. The fourth-order valence-corrected chi connectivity index (χ4v) is 2.39. The first-order valence-corrected chi connectivity index (χ1v) is 8.51. The van der Waals surface area contributed by atoms with E-state index in [4.69, 9.17) is 4.74 Å². The summed E-state index contributed by atoms with van der Waals surface area (Å²) in [5, 5.41) is 6.10. The smallest absolute Gasteiger partial charge is 0.257 e. The van der Waals surface area contributed by atoms with Crippen molar-refractivity contribution in [2.24, 2.45) is 0 Å². The first-order chi connectivity index (χ1) is 11.8. The molecule has 1 amide bonds. The molecule has 0 aliphatic rings. The van der Waals surface area contributed by atoms with Crippen LogP contribution in [-0.2, 0) is 11.2 Å². The second-order valence-corrected chi connectivity index (χ2v) is 5.66. The van der Waals surface area contributed by atoms with Gasteiger partial charge in [-0.05, 0) is 30.2 Å². The molecule has 5 heteroatoms. The number of nitrogens with one attached hydrogen (secondary N) is 2. The zero-order valence-corrected chi connectivity index (χ0v) is 15.5. The lowest BCUT2D eigenvalue weighted by Gasteiger charge is -2.12. The molecule has 0 radical (unpaired) electrons. The van der Waals surface area contributed by atoms with Crippen molar-refractivity contribution in [3.63, 3.8) is 0 Å². The number of amides is 1. The van der Waals surface area contributed by atoms with Crippen molar-refractivity contribution in [3.05, 3.63) is 65.7 Å². The van der Waals surface area contributed by atoms with E-state index in [1.807, 2.05) is 42.5 Å². The average molecular weight is 363 g/mol. The van der Waals surface area contributed by atoms with Gasteiger partial charge in [-0.15, -0.1) is 12.4 Å². The van der Waals surface area contributed by atoms with Gasteiger partial charge in [0.25, 0.3) is 5.91 Å². The monoisotopic (exact) mass is 362 g/mol. The number of hydrogen-bond acceptors (Lipinski definition) is 3. The third kappa shape index (κ3) is 8.05. The van der Waals surface area contributed by atoms with Gasteiger partial charge in [0.1, 0.15) is 5.75 Å². The van der Waals surface area contributed by atoms with Crippen molar-refractivity contribution >= 4 is 18.3 Å². The van der Waals surface area contributed by atoms with E-state index in [0.29, 0.717) is 6.54 Å². The lowest BCUT2D eigenvalue weighted by atomic mass is 10.0. The lowest BCUT2D eigenvalue weighted by molar-refractivity contribution is -0.123. The molecular weight excluding hydrogens is 336 g/mol. The van der Waals surface area contributed by atoms with Gasteiger partial charge in [0.05, 0.1) is 0 Å². The van der Waals surface area contributed by atoms with Crippen molar-refractivity contribution in [1.82, 2.24) is 10.6 Å². The van der Waals surface area contributed by atoms with E-state index in [9.17, 15) is 4.79 Å². The van der Waals surface area contributed by atoms with Crippen LogP contribution in [0.15, 0.2) is 54.6 Å². The fourth-order valence-electron chi connectivity index (χ4n) is 2.39. The predicted molar refractivity (Wildman–Crippen MR) is 105 cm³/mol. The number of rotatable bonds is 10. The summed E-state index contributed by atoms with van der Waals surface area (Å²) < 4.78 is 5.72. The quantitative estimate of drug-likeness (QED) is 0.638. The van der Waals surface area contributed by atoms with Crippen LogP contribution in [0.4, 0.5) is 0 Å². The van der Waals surface area contributed by atoms with Crippen molar-refractivity contribution in [2.75, 3.05) is 26.2 Å². The molecule has 2 N–H and O–H groups in total. The third-order valence-corrected chi connectivity index (χ3v) is 3.62. The molecule has 2 rings (SSSR count). The van der Waals surface area contributed by atoms with Crippen molar-refractivity contribution in [3.8, 4) is 5.75 Å². The Kier molecular flexibility index (Phi) is 10.4. The number of ether oxygens (including phenoxy) is 1. The van der Waals surface area contributed by atoms with E-state index in [2.05, 4.69) is 29.7 Å². The molecule has 0 fully saturated rings. The van der Waals surface area contributed by atoms with E-state index in [0.717, 1.165) is 37.2 Å². The van der Waals surface area contributed by atoms with Gasteiger partial charge >= 0.3 is 0 Å². The van der Waals surface area contributed by atoms with Gasteiger partial charge in [-0.2, -0.15) is 0 Å². The van der Waals surface area contributed by atoms with Gasteiger partial charge in [0.2, 0.25) is 0 Å². The Bertz CT molecular complexity index is 620. The molecule has 2 aromatic carbocycles. The highest BCUT2D eigenvalue weighted by molar-refractivity contribution is 5.85. The molecule has 0 saturated heterocycles. The van der Waals surface area contributed by atoms with Crippen molar-refractivity contribution in [1.29, 1.82) is 0 Å². The topological polar surface area (TPSA) is 50.4 Å². The number of halogens is 1. The van der Waals surface area contributed by atoms with Gasteiger partial charge in [0.15, 0.2) is 6.61 Å². The third-order valence-electron chi connectivity index (χ3n) is 3.62. The van der Waals surface area contributed by atoms with Crippen LogP contribution in [0, 0.1) is 0 Å². The number of para-hydroxylation sites is 1. The van der Waals surface area contributed by atoms with Crippen LogP contribution in [0.25, 0.3) is 0 Å². The molecule has 0 aliphatic heterocycles. The van der Waals surface area contributed by atoms with E-state index in [-0.39, 0.29) is 24.9 Å². The largest absolute Gasteiger partial charge is 0.483 e. The predicted octanol–water partition coefficient (Wildman–Crippen LogP) is 3.19. The Balaban J connectivity index is 0.00000312. The van der Waals surface area contributed by atoms with Crippen molar-refractivity contribution in [2.45, 2.75) is 19.8 Å². The summed E-state index contributed by atoms with van der Waals surface area (Å²) in [6.45, 7) is 4.53. The van der Waals surface area contributed by atoms with Gasteiger partial charge in [-0.25, -0.2) is 0 Å². The van der Waals surface area contributed by atoms with Crippen LogP contribution in [0.2, 0.25) is 0 Å². The Labute approximate surface area is 156 Å². The van der Waals surface area contributed by atoms with E-state index in [1.165, 1.54) is 5.56 Å². The zero-order valence-electron chi connectivity index (χ0n) is 14.7. The number of carbonyl (C=O) groups excluding carboxylic acids is 1. The standard InChI is InChI=1S/C20H26N2O2.ClH/c1-2-12-21-13-14-22-20(23)16-24-19-11-7-6-10-18(19)15-17-8-4-3-5-9-17;/h3-11,21H,2,12-16H2,1H3,(H,22,23);1H. The van der Waals surface area contributed by atoms with E-state index in [1.54, 1.807) is 0 Å². The van der Waals surface area contributed by atoms with Gasteiger partial charge < -0.3 is 15.4 Å². The molecule has 136 valence electrons. The molecule has 4 nitrogen and oxygen atoms in total. The fraction of sp³-hybridized carbons (Fsp3) is 0.350. The van der Waals surface area contributed by atoms with E-state index < -0.39 is 0 Å². The maximum absolute atomic E-state index is 11.9. The minimum Gasteiger partial charge on any atom is -0.483 e. The summed E-state index contributed by atoms with van der Waals surface area (Å²) in [5.74, 6) is 0.670. The van der Waals surface area contributed by atoms with Gasteiger partial charge in [-0.1, -0.05) is 55.5 Å². The van der Waals surface area contributed by atoms with Gasteiger partial charge in [-0.3, -0.25) is 4.79 Å². The number of carbonyl (C=O) groups is 1. The minimum atomic E-state index is -0.0946. The summed E-state index contributed by atoms with van der Waals surface area (Å²) >= 11 is 0. The SMILES string of the molecule is CCCNCCNC(=O)COc1ccccc1Cc1ccccc1.Cl. The molecule has 25 heavy (non-hydrogen) atoms. The first kappa shape index (κ1) is 21.0. The van der Waals surface area contributed by atoms with Crippen LogP contribution in [0.5, 0.6) is 5.75 Å². The molecule has 0 bridgehead atoms. The average Bonchev–Trinajstić information content (AvgIpc) is 2.62. The Morgan fingerprint density at radius 3 is 2.44 bits per heavy atom. The molecule has 0 heterocycles. The Morgan fingerprint density at radius 2 is 1.68 bits per heavy atom. The number of benzene rings is 2. The first-order valence-electron chi connectivity index (χ1n) is 8.51. The highest BCUT2D eigenvalue weighted by Crippen LogP contribution is 2.21. The van der Waals surface area contributed by atoms with Crippen molar-refractivity contribution < 1.29 is 9.53 Å². The maximum Gasteiger partial charge on any atom is 0.257 e. The summed E-state index contributed by atoms with van der Waals surface area (Å²) in [6.07, 6.45) is 1.88. The number of hydrogen-bond donors (Lipinski definition) is 2. The van der Waals surface area contributed by atoms with Gasteiger partial charge in [0, 0.05) is 19.5 Å². The van der Waals surface area contributed by atoms with Crippen LogP contribution >= 0.6 is 12.4 Å². The molecule has 0 aromatic heterocycles. The molecule has 0 aliphatic carbocycles. The lowest BCUT2D eigenvalue weighted by Crippen LogP contribution is -2.35. The normalized spacial score (nSPS) is 9.96. The Hall–Kier alpha value is -2.04. The highest BCUT2D eigenvalue weighted by atomic mass is 35.5. The molecule has 0 spiro atoms. The summed E-state index contributed by atoms with van der Waals surface area (Å²) in [7, 11) is 0. The minimum absolute atomic E-state index is 0. The van der Waals surface area contributed by atoms with Crippen LogP contribution in [0.3, 0.4) is 0 Å². The molecule has 2 aromatic rings. The zero-order chi connectivity index (χ0) is 17.0. The van der Waals surface area contributed by atoms with Crippen LogP contribution in [-0.4, -0.2) is 32.1 Å². The summed E-state index contributed by atoms with van der Waals surface area (Å²) in [6, 6.07) is 18.1. The summed E-state index contributed by atoms with van der Waals surface area (Å²) in [5.41, 5.74) is 2.31. The molecule has 0 unspecified atom stereocenters. The molecule has 0 saturated carbocycles. The second-order valence-electron chi connectivity index (χ2n) is 5.66. The van der Waals surface area contributed by atoms with Crippen LogP contribution < -0.4 is 15.4 Å². The Morgan fingerprint density at radius 1 is 0.960 bits per heavy atom. The molecule has 0 atom stereocenters. The molecular formula is C20H27ClN2O2. The maximum atomic E-state index is 11.9. The second kappa shape index (κ2) is 12.3. The van der Waals surface area contributed by atoms with E-state index >= 15 is 0 Å².